The summed E-state index contributed by atoms with van der Waals surface area (Å²) in [6.07, 6.45) is 0. The van der Waals surface area contributed by atoms with Crippen molar-refractivity contribution in [2.75, 3.05) is 7.11 Å². The maximum Gasteiger partial charge on any atom is 0.359 e. The fourth-order valence-corrected chi connectivity index (χ4v) is 1.75. The van der Waals surface area contributed by atoms with E-state index in [0.717, 1.165) is 5.69 Å². The highest BCUT2D eigenvalue weighted by atomic mass is 79.9. The largest absolute Gasteiger partial charge is 0.464 e. The fourth-order valence-electron chi connectivity index (χ4n) is 0.956. The molecular weight excluding hydrogens is 236 g/mol. The summed E-state index contributed by atoms with van der Waals surface area (Å²) in [5.41, 5.74) is 1.20. The molecule has 1 rings (SSSR count). The zero-order valence-electron chi connectivity index (χ0n) is 7.72. The lowest BCUT2D eigenvalue weighted by Crippen LogP contribution is -2.02. The summed E-state index contributed by atoms with van der Waals surface area (Å²) >= 11 is 3.30. The molecule has 4 nitrogen and oxygen atoms in total. The van der Waals surface area contributed by atoms with Crippen LogP contribution in [-0.4, -0.2) is 23.3 Å². The molecule has 0 bridgehead atoms. The number of rotatable bonds is 2. The van der Waals surface area contributed by atoms with Gasteiger partial charge in [0.05, 0.1) is 17.3 Å². The molecule has 0 aromatic carbocycles. The minimum absolute atomic E-state index is 0.292. The van der Waals surface area contributed by atoms with Crippen molar-refractivity contribution in [3.05, 3.63) is 15.9 Å². The van der Waals surface area contributed by atoms with Gasteiger partial charge in [-0.1, -0.05) is 13.8 Å². The van der Waals surface area contributed by atoms with Crippen LogP contribution < -0.4 is 0 Å². The molecule has 1 N–H and O–H groups in total. The Morgan fingerprint density at radius 2 is 2.23 bits per heavy atom. The van der Waals surface area contributed by atoms with Gasteiger partial charge in [0.1, 0.15) is 0 Å². The molecule has 1 aromatic heterocycles. The van der Waals surface area contributed by atoms with Gasteiger partial charge in [-0.25, -0.2) is 4.79 Å². The van der Waals surface area contributed by atoms with Crippen LogP contribution in [0.4, 0.5) is 0 Å². The number of nitrogens with zero attached hydrogens (tertiary/aromatic N) is 1. The summed E-state index contributed by atoms with van der Waals surface area (Å²) in [6, 6.07) is 0. The van der Waals surface area contributed by atoms with Crippen LogP contribution in [0.1, 0.15) is 35.9 Å². The standard InChI is InChI=1S/C8H11BrN2O2/c1-4(2)6-5(9)7(11-10-6)8(12)13-3/h4H,1-3H3,(H,10,11). The zero-order valence-corrected chi connectivity index (χ0v) is 9.31. The van der Waals surface area contributed by atoms with Gasteiger partial charge in [0, 0.05) is 0 Å². The van der Waals surface area contributed by atoms with Crippen molar-refractivity contribution < 1.29 is 9.53 Å². The van der Waals surface area contributed by atoms with Crippen LogP contribution in [0, 0.1) is 0 Å². The molecular formula is C8H11BrN2O2. The van der Waals surface area contributed by atoms with E-state index in [-0.39, 0.29) is 0 Å². The Bertz CT molecular complexity index is 320. The highest BCUT2D eigenvalue weighted by Gasteiger charge is 2.19. The van der Waals surface area contributed by atoms with Crippen LogP contribution in [0.25, 0.3) is 0 Å². The Morgan fingerprint density at radius 3 is 2.62 bits per heavy atom. The first-order valence-corrected chi connectivity index (χ1v) is 4.69. The van der Waals surface area contributed by atoms with Crippen molar-refractivity contribution in [1.82, 2.24) is 10.2 Å². The Balaban J connectivity index is 3.06. The molecule has 72 valence electrons. The highest BCUT2D eigenvalue weighted by Crippen LogP contribution is 2.25. The lowest BCUT2D eigenvalue weighted by molar-refractivity contribution is 0.0593. The molecule has 0 unspecified atom stereocenters. The van der Waals surface area contributed by atoms with Gasteiger partial charge in [-0.15, -0.1) is 0 Å². The number of aromatic nitrogens is 2. The van der Waals surface area contributed by atoms with Crippen LogP contribution in [0.15, 0.2) is 4.47 Å². The van der Waals surface area contributed by atoms with Crippen molar-refractivity contribution in [3.8, 4) is 0 Å². The summed E-state index contributed by atoms with van der Waals surface area (Å²) in [5, 5.41) is 6.65. The average Bonchev–Trinajstić information content (AvgIpc) is 2.46. The van der Waals surface area contributed by atoms with E-state index in [1.54, 1.807) is 0 Å². The van der Waals surface area contributed by atoms with Gasteiger partial charge < -0.3 is 4.74 Å². The number of carbonyl (C=O) groups is 1. The van der Waals surface area contributed by atoms with E-state index in [0.29, 0.717) is 16.1 Å². The fraction of sp³-hybridized carbons (Fsp3) is 0.500. The lowest BCUT2D eigenvalue weighted by Gasteiger charge is -2.00. The summed E-state index contributed by atoms with van der Waals surface area (Å²) < 4.78 is 5.25. The van der Waals surface area contributed by atoms with Crippen molar-refractivity contribution in [2.24, 2.45) is 0 Å². The molecule has 13 heavy (non-hydrogen) atoms. The van der Waals surface area contributed by atoms with Gasteiger partial charge >= 0.3 is 5.97 Å². The minimum atomic E-state index is -0.435. The molecule has 0 fully saturated rings. The van der Waals surface area contributed by atoms with E-state index in [9.17, 15) is 4.79 Å². The maximum atomic E-state index is 11.1. The van der Waals surface area contributed by atoms with Crippen molar-refractivity contribution in [3.63, 3.8) is 0 Å². The molecule has 1 aromatic rings. The second kappa shape index (κ2) is 3.91. The maximum absolute atomic E-state index is 11.1. The zero-order chi connectivity index (χ0) is 10.0. The van der Waals surface area contributed by atoms with Crippen LogP contribution in [0.3, 0.4) is 0 Å². The van der Waals surface area contributed by atoms with Gasteiger partial charge in [0.25, 0.3) is 0 Å². The van der Waals surface area contributed by atoms with Crippen LogP contribution in [0.5, 0.6) is 0 Å². The molecule has 0 saturated carbocycles. The number of H-pyrrole nitrogens is 1. The first-order valence-electron chi connectivity index (χ1n) is 3.90. The van der Waals surface area contributed by atoms with Gasteiger partial charge in [0.2, 0.25) is 0 Å². The normalized spacial score (nSPS) is 10.5. The molecule has 0 spiro atoms. The van der Waals surface area contributed by atoms with Crippen molar-refractivity contribution in [1.29, 1.82) is 0 Å². The first kappa shape index (κ1) is 10.2. The Morgan fingerprint density at radius 1 is 1.62 bits per heavy atom. The second-order valence-corrected chi connectivity index (χ2v) is 3.74. The molecule has 0 aliphatic rings. The van der Waals surface area contributed by atoms with E-state index in [2.05, 4.69) is 30.9 Å². The van der Waals surface area contributed by atoms with Crippen LogP contribution in [0.2, 0.25) is 0 Å². The van der Waals surface area contributed by atoms with Gasteiger partial charge in [0.15, 0.2) is 5.69 Å². The quantitative estimate of drug-likeness (QED) is 0.814. The lowest BCUT2D eigenvalue weighted by atomic mass is 10.1. The number of nitrogens with one attached hydrogen (secondary N) is 1. The molecule has 0 saturated heterocycles. The third-order valence-electron chi connectivity index (χ3n) is 1.69. The summed E-state index contributed by atoms with van der Waals surface area (Å²) in [7, 11) is 1.33. The summed E-state index contributed by atoms with van der Waals surface area (Å²) in [6.45, 7) is 4.03. The molecule has 5 heteroatoms. The van der Waals surface area contributed by atoms with Gasteiger partial charge in [-0.05, 0) is 21.8 Å². The number of hydrogen-bond acceptors (Lipinski definition) is 3. The van der Waals surface area contributed by atoms with Crippen LogP contribution >= 0.6 is 15.9 Å². The van der Waals surface area contributed by atoms with E-state index in [1.807, 2.05) is 13.8 Å². The second-order valence-electron chi connectivity index (χ2n) is 2.95. The number of ether oxygens (including phenoxy) is 1. The number of carbonyl (C=O) groups excluding carboxylic acids is 1. The van der Waals surface area contributed by atoms with Crippen molar-refractivity contribution in [2.45, 2.75) is 19.8 Å². The minimum Gasteiger partial charge on any atom is -0.464 e. The van der Waals surface area contributed by atoms with E-state index in [4.69, 9.17) is 0 Å². The Hall–Kier alpha value is -0.840. The molecule has 0 aliphatic heterocycles. The molecule has 1 heterocycles. The summed E-state index contributed by atoms with van der Waals surface area (Å²) in [5.74, 6) is -0.143. The number of esters is 1. The topological polar surface area (TPSA) is 55.0 Å². The van der Waals surface area contributed by atoms with E-state index >= 15 is 0 Å². The molecule has 0 amide bonds. The number of aromatic amines is 1. The Kier molecular flexibility index (Phi) is 3.08. The SMILES string of the molecule is COC(=O)c1n[nH]c(C(C)C)c1Br. The van der Waals surface area contributed by atoms with E-state index in [1.165, 1.54) is 7.11 Å². The highest BCUT2D eigenvalue weighted by molar-refractivity contribution is 9.10. The number of hydrogen-bond donors (Lipinski definition) is 1. The molecule has 0 atom stereocenters. The first-order chi connectivity index (χ1) is 6.07. The number of methoxy groups -OCH3 is 1. The van der Waals surface area contributed by atoms with Gasteiger partial charge in [-0.3, -0.25) is 5.10 Å². The predicted octanol–water partition coefficient (Wildman–Crippen LogP) is 2.08. The van der Waals surface area contributed by atoms with Gasteiger partial charge in [-0.2, -0.15) is 5.10 Å². The third-order valence-corrected chi connectivity index (χ3v) is 2.49. The average molecular weight is 247 g/mol. The Labute approximate surface area is 84.8 Å². The third kappa shape index (κ3) is 1.91. The number of halogens is 1. The molecule has 0 radical (unpaired) electrons. The van der Waals surface area contributed by atoms with E-state index < -0.39 is 5.97 Å². The predicted molar refractivity (Wildman–Crippen MR) is 51.7 cm³/mol. The van der Waals surface area contributed by atoms with Crippen LogP contribution in [-0.2, 0) is 4.74 Å². The smallest absolute Gasteiger partial charge is 0.359 e. The molecule has 0 aliphatic carbocycles. The summed E-state index contributed by atoms with van der Waals surface area (Å²) in [4.78, 5) is 11.1. The monoisotopic (exact) mass is 246 g/mol. The van der Waals surface area contributed by atoms with Crippen molar-refractivity contribution >= 4 is 21.9 Å².